The molecule has 98 valence electrons. The van der Waals surface area contributed by atoms with Crippen molar-refractivity contribution in [2.24, 2.45) is 0 Å². The first-order valence-corrected chi connectivity index (χ1v) is 6.51. The van der Waals surface area contributed by atoms with E-state index in [4.69, 9.17) is 0 Å². The Morgan fingerprint density at radius 2 is 1.32 bits per heavy atom. The molecule has 0 fully saturated rings. The molecule has 0 saturated carbocycles. The summed E-state index contributed by atoms with van der Waals surface area (Å²) in [6, 6.07) is 16.3. The number of hydrogen-bond acceptors (Lipinski definition) is 3. The van der Waals surface area contributed by atoms with Gasteiger partial charge >= 0.3 is 0 Å². The quantitative estimate of drug-likeness (QED) is 0.779. The third kappa shape index (κ3) is 2.06. The summed E-state index contributed by atoms with van der Waals surface area (Å²) in [4.78, 5) is 0. The summed E-state index contributed by atoms with van der Waals surface area (Å²) in [5.41, 5.74) is 4.86. The van der Waals surface area contributed by atoms with Gasteiger partial charge < -0.3 is 10.2 Å². The fourth-order valence-corrected chi connectivity index (χ4v) is 2.73. The van der Waals surface area contributed by atoms with Crippen LogP contribution in [0.4, 0.5) is 0 Å². The Balaban J connectivity index is 2.04. The van der Waals surface area contributed by atoms with E-state index in [0.717, 1.165) is 0 Å². The van der Waals surface area contributed by atoms with Crippen molar-refractivity contribution in [1.82, 2.24) is 5.32 Å². The Morgan fingerprint density at radius 3 is 1.79 bits per heavy atom. The van der Waals surface area contributed by atoms with Crippen LogP contribution in [0.25, 0.3) is 11.1 Å². The predicted octanol–water partition coefficient (Wildman–Crippen LogP) is 1.70. The summed E-state index contributed by atoms with van der Waals surface area (Å²) in [7, 11) is 0. The van der Waals surface area contributed by atoms with Gasteiger partial charge in [0.15, 0.2) is 0 Å². The van der Waals surface area contributed by atoms with Gasteiger partial charge in [0, 0.05) is 0 Å². The summed E-state index contributed by atoms with van der Waals surface area (Å²) in [5, 5.41) is 21.8. The van der Waals surface area contributed by atoms with E-state index in [1.807, 2.05) is 24.3 Å². The molecule has 3 rings (SSSR count). The monoisotopic (exact) mass is 255 g/mol. The molecular formula is C16H17NO2. The van der Waals surface area contributed by atoms with Gasteiger partial charge in [0.1, 0.15) is 0 Å². The predicted molar refractivity (Wildman–Crippen MR) is 74.8 cm³/mol. The van der Waals surface area contributed by atoms with Crippen LogP contribution >= 0.6 is 0 Å². The fourth-order valence-electron chi connectivity index (χ4n) is 2.73. The summed E-state index contributed by atoms with van der Waals surface area (Å²) in [6.07, 6.45) is 0. The number of nitrogens with one attached hydrogen (secondary N) is 1. The van der Waals surface area contributed by atoms with Gasteiger partial charge in [-0.2, -0.15) is 0 Å². The Labute approximate surface area is 112 Å². The van der Waals surface area contributed by atoms with Crippen LogP contribution in [0.1, 0.15) is 17.2 Å². The average Bonchev–Trinajstić information content (AvgIpc) is 2.79. The molecule has 0 atom stereocenters. The SMILES string of the molecule is OCC(CO)NC1c2ccccc2-c2ccccc21. The normalized spacial score (nSPS) is 13.6. The molecule has 0 aliphatic heterocycles. The molecule has 0 radical (unpaired) electrons. The van der Waals surface area contributed by atoms with Crippen LogP contribution in [0.15, 0.2) is 48.5 Å². The van der Waals surface area contributed by atoms with Crippen LogP contribution in [0.2, 0.25) is 0 Å². The molecule has 3 nitrogen and oxygen atoms in total. The highest BCUT2D eigenvalue weighted by Crippen LogP contribution is 2.43. The molecule has 1 aliphatic rings. The van der Waals surface area contributed by atoms with E-state index in [1.165, 1.54) is 22.3 Å². The first-order valence-electron chi connectivity index (χ1n) is 6.51. The van der Waals surface area contributed by atoms with Crippen molar-refractivity contribution in [3.63, 3.8) is 0 Å². The van der Waals surface area contributed by atoms with Crippen LogP contribution < -0.4 is 5.32 Å². The minimum Gasteiger partial charge on any atom is -0.395 e. The highest BCUT2D eigenvalue weighted by Gasteiger charge is 2.29. The van der Waals surface area contributed by atoms with Crippen molar-refractivity contribution in [2.45, 2.75) is 12.1 Å². The minimum atomic E-state index is -0.302. The number of benzene rings is 2. The maximum Gasteiger partial charge on any atom is 0.0607 e. The van der Waals surface area contributed by atoms with E-state index in [0.29, 0.717) is 0 Å². The lowest BCUT2D eigenvalue weighted by Crippen LogP contribution is -2.38. The van der Waals surface area contributed by atoms with Gasteiger partial charge in [-0.25, -0.2) is 0 Å². The highest BCUT2D eigenvalue weighted by atomic mass is 16.3. The van der Waals surface area contributed by atoms with Crippen LogP contribution in [-0.4, -0.2) is 29.5 Å². The van der Waals surface area contributed by atoms with Gasteiger partial charge in [0.05, 0.1) is 25.3 Å². The maximum atomic E-state index is 9.26. The first kappa shape index (κ1) is 12.4. The molecule has 0 amide bonds. The Hall–Kier alpha value is -1.68. The van der Waals surface area contributed by atoms with Gasteiger partial charge in [-0.15, -0.1) is 0 Å². The maximum absolute atomic E-state index is 9.26. The molecule has 0 saturated heterocycles. The van der Waals surface area contributed by atoms with Crippen molar-refractivity contribution in [2.75, 3.05) is 13.2 Å². The molecule has 0 bridgehead atoms. The Kier molecular flexibility index (Phi) is 3.34. The van der Waals surface area contributed by atoms with Crippen LogP contribution in [-0.2, 0) is 0 Å². The number of aliphatic hydroxyl groups is 2. The van der Waals surface area contributed by atoms with E-state index in [9.17, 15) is 10.2 Å². The van der Waals surface area contributed by atoms with Gasteiger partial charge in [-0.1, -0.05) is 48.5 Å². The van der Waals surface area contributed by atoms with Crippen molar-refractivity contribution >= 4 is 0 Å². The summed E-state index contributed by atoms with van der Waals surface area (Å²) >= 11 is 0. The molecule has 0 unspecified atom stereocenters. The topological polar surface area (TPSA) is 52.5 Å². The highest BCUT2D eigenvalue weighted by molar-refractivity contribution is 5.78. The summed E-state index contributed by atoms with van der Waals surface area (Å²) < 4.78 is 0. The lowest BCUT2D eigenvalue weighted by atomic mass is 10.0. The van der Waals surface area contributed by atoms with E-state index in [1.54, 1.807) is 0 Å². The second kappa shape index (κ2) is 5.13. The van der Waals surface area contributed by atoms with Crippen molar-refractivity contribution in [3.8, 4) is 11.1 Å². The molecular weight excluding hydrogens is 238 g/mol. The molecule has 3 N–H and O–H groups in total. The van der Waals surface area contributed by atoms with Crippen molar-refractivity contribution < 1.29 is 10.2 Å². The van der Waals surface area contributed by atoms with Gasteiger partial charge in [-0.3, -0.25) is 5.32 Å². The van der Waals surface area contributed by atoms with E-state index in [-0.39, 0.29) is 25.3 Å². The minimum absolute atomic E-state index is 0.0386. The number of rotatable bonds is 4. The molecule has 0 heterocycles. The Bertz CT molecular complexity index is 533. The van der Waals surface area contributed by atoms with Crippen molar-refractivity contribution in [3.05, 3.63) is 59.7 Å². The molecule has 1 aliphatic carbocycles. The Morgan fingerprint density at radius 1 is 0.842 bits per heavy atom. The largest absolute Gasteiger partial charge is 0.395 e. The zero-order valence-corrected chi connectivity index (χ0v) is 10.6. The van der Waals surface area contributed by atoms with E-state index in [2.05, 4.69) is 29.6 Å². The summed E-state index contributed by atoms with van der Waals surface area (Å²) in [6.45, 7) is -0.144. The van der Waals surface area contributed by atoms with E-state index >= 15 is 0 Å². The van der Waals surface area contributed by atoms with Gasteiger partial charge in [0.2, 0.25) is 0 Å². The second-order valence-corrected chi connectivity index (χ2v) is 4.84. The molecule has 3 heteroatoms. The van der Waals surface area contributed by atoms with Crippen LogP contribution in [0, 0.1) is 0 Å². The lowest BCUT2D eigenvalue weighted by molar-refractivity contribution is 0.166. The smallest absolute Gasteiger partial charge is 0.0607 e. The first-order chi connectivity index (χ1) is 9.35. The summed E-state index contributed by atoms with van der Waals surface area (Å²) in [5.74, 6) is 0. The van der Waals surface area contributed by atoms with Crippen LogP contribution in [0.5, 0.6) is 0 Å². The third-order valence-corrected chi connectivity index (χ3v) is 3.68. The molecule has 2 aromatic rings. The molecule has 2 aromatic carbocycles. The van der Waals surface area contributed by atoms with E-state index < -0.39 is 0 Å². The van der Waals surface area contributed by atoms with Gasteiger partial charge in [-0.05, 0) is 22.3 Å². The molecule has 0 aromatic heterocycles. The second-order valence-electron chi connectivity index (χ2n) is 4.84. The standard InChI is InChI=1S/C16H17NO2/c18-9-11(10-19)17-16-14-7-3-1-5-12(14)13-6-2-4-8-15(13)16/h1-8,11,16-19H,9-10H2. The lowest BCUT2D eigenvalue weighted by Gasteiger charge is -2.21. The van der Waals surface area contributed by atoms with Crippen LogP contribution in [0.3, 0.4) is 0 Å². The fraction of sp³-hybridized carbons (Fsp3) is 0.250. The average molecular weight is 255 g/mol. The molecule has 19 heavy (non-hydrogen) atoms. The zero-order chi connectivity index (χ0) is 13.2. The third-order valence-electron chi connectivity index (χ3n) is 3.68. The van der Waals surface area contributed by atoms with Gasteiger partial charge in [0.25, 0.3) is 0 Å². The zero-order valence-electron chi connectivity index (χ0n) is 10.6. The number of hydrogen-bond donors (Lipinski definition) is 3. The number of fused-ring (bicyclic) bond motifs is 3. The van der Waals surface area contributed by atoms with Crippen molar-refractivity contribution in [1.29, 1.82) is 0 Å². The molecule has 0 spiro atoms. The number of aliphatic hydroxyl groups excluding tert-OH is 2.